The third-order valence-corrected chi connectivity index (χ3v) is 7.26. The Balaban J connectivity index is 1.61. The molecule has 0 radical (unpaired) electrons. The van der Waals surface area contributed by atoms with E-state index in [-0.39, 0.29) is 18.0 Å². The van der Waals surface area contributed by atoms with Gasteiger partial charge in [-0.25, -0.2) is 13.1 Å². The zero-order chi connectivity index (χ0) is 29.1. The van der Waals surface area contributed by atoms with Crippen LogP contribution in [0.5, 0.6) is 0 Å². The molecule has 0 aliphatic rings. The Morgan fingerprint density at radius 2 is 1.78 bits per heavy atom. The van der Waals surface area contributed by atoms with Crippen molar-refractivity contribution in [1.29, 1.82) is 0 Å². The molecule has 0 fully saturated rings. The zero-order valence-corrected chi connectivity index (χ0v) is 23.5. The van der Waals surface area contributed by atoms with Crippen molar-refractivity contribution in [2.75, 3.05) is 12.8 Å². The van der Waals surface area contributed by atoms with Crippen LogP contribution in [0.15, 0.2) is 83.9 Å². The molecule has 0 saturated carbocycles. The van der Waals surface area contributed by atoms with Gasteiger partial charge in [0.2, 0.25) is 10.0 Å². The molecule has 5 aromatic rings. The molecule has 9 nitrogen and oxygen atoms in total. The van der Waals surface area contributed by atoms with E-state index in [0.717, 1.165) is 11.6 Å². The normalized spacial score (nSPS) is 12.1. The number of nitrogens with one attached hydrogen (secondary N) is 2. The van der Waals surface area contributed by atoms with Crippen LogP contribution in [0.25, 0.3) is 27.4 Å². The maximum Gasteiger partial charge on any atom is 0.264 e. The third kappa shape index (κ3) is 5.87. The summed E-state index contributed by atoms with van der Waals surface area (Å²) in [7, 11) is -3.39. The number of amides is 1. The minimum atomic E-state index is -3.39. The van der Waals surface area contributed by atoms with Gasteiger partial charge in [-0.2, -0.15) is 0 Å². The number of carbonyl (C=O) groups excluding carboxylic acids is 1. The number of nitrogens with zero attached hydrogens (tertiary/aromatic N) is 3. The van der Waals surface area contributed by atoms with E-state index in [0.29, 0.717) is 44.5 Å². The first-order valence-electron chi connectivity index (χ1n) is 12.8. The second-order valence-electron chi connectivity index (χ2n) is 9.57. The fraction of sp³-hybridized carbons (Fsp3) is 0.161. The molecule has 5 rings (SSSR count). The van der Waals surface area contributed by atoms with Crippen LogP contribution in [-0.4, -0.2) is 41.7 Å². The predicted octanol–water partition coefficient (Wildman–Crippen LogP) is 3.63. The van der Waals surface area contributed by atoms with Gasteiger partial charge >= 0.3 is 0 Å². The second-order valence-corrected chi connectivity index (χ2v) is 11.4. The Kier molecular flexibility index (Phi) is 7.66. The molecule has 3 heterocycles. The molecule has 2 aromatic carbocycles. The van der Waals surface area contributed by atoms with Gasteiger partial charge in [0.15, 0.2) is 0 Å². The van der Waals surface area contributed by atoms with Gasteiger partial charge in [-0.05, 0) is 55.6 Å². The monoisotopic (exact) mass is 565 g/mol. The molecule has 0 unspecified atom stereocenters. The highest BCUT2D eigenvalue weighted by molar-refractivity contribution is 7.88. The maximum absolute atomic E-state index is 14.1. The van der Waals surface area contributed by atoms with Crippen molar-refractivity contribution in [3.8, 4) is 17.5 Å². The van der Waals surface area contributed by atoms with E-state index in [9.17, 15) is 18.0 Å². The van der Waals surface area contributed by atoms with Crippen molar-refractivity contribution in [2.24, 2.45) is 0 Å². The summed E-state index contributed by atoms with van der Waals surface area (Å²) in [5.41, 5.74) is 2.84. The molecule has 0 aliphatic heterocycles. The van der Waals surface area contributed by atoms with Crippen molar-refractivity contribution in [3.05, 3.63) is 112 Å². The van der Waals surface area contributed by atoms with Gasteiger partial charge < -0.3 is 5.32 Å². The SMILES string of the molecule is Cc1ncc2cccnc2c1C(=O)N[C@H](C)c1cc2cccc(C#CCNS(C)(=O)=O)c2c(=O)n1-c1ccccc1. The zero-order valence-electron chi connectivity index (χ0n) is 22.7. The van der Waals surface area contributed by atoms with Gasteiger partial charge in [0.1, 0.15) is 0 Å². The number of rotatable bonds is 6. The van der Waals surface area contributed by atoms with Crippen LogP contribution >= 0.6 is 0 Å². The lowest BCUT2D eigenvalue weighted by Gasteiger charge is -2.22. The smallest absolute Gasteiger partial charge is 0.264 e. The highest BCUT2D eigenvalue weighted by Crippen LogP contribution is 2.24. The van der Waals surface area contributed by atoms with Gasteiger partial charge in [0, 0.05) is 34.7 Å². The number of fused-ring (bicyclic) bond motifs is 2. The summed E-state index contributed by atoms with van der Waals surface area (Å²) in [6.45, 7) is 3.50. The summed E-state index contributed by atoms with van der Waals surface area (Å²) >= 11 is 0. The molecular formula is C31H27N5O4S. The lowest BCUT2D eigenvalue weighted by atomic mass is 10.0. The van der Waals surface area contributed by atoms with Crippen LogP contribution in [0, 0.1) is 18.8 Å². The molecular weight excluding hydrogens is 538 g/mol. The number of hydrogen-bond donors (Lipinski definition) is 2. The fourth-order valence-electron chi connectivity index (χ4n) is 4.70. The topological polar surface area (TPSA) is 123 Å². The Morgan fingerprint density at radius 1 is 1.02 bits per heavy atom. The van der Waals surface area contributed by atoms with Gasteiger partial charge in [-0.1, -0.05) is 42.2 Å². The van der Waals surface area contributed by atoms with Gasteiger partial charge in [-0.3, -0.25) is 24.1 Å². The summed E-state index contributed by atoms with van der Waals surface area (Å²) in [6.07, 6.45) is 4.38. The summed E-state index contributed by atoms with van der Waals surface area (Å²) in [6, 6.07) is 19.4. The number of carbonyl (C=O) groups is 1. The van der Waals surface area contributed by atoms with E-state index in [1.165, 1.54) is 0 Å². The summed E-state index contributed by atoms with van der Waals surface area (Å²) < 4.78 is 26.7. The fourth-order valence-corrected chi connectivity index (χ4v) is 5.04. The van der Waals surface area contributed by atoms with Crippen LogP contribution in [0.4, 0.5) is 0 Å². The van der Waals surface area contributed by atoms with Gasteiger partial charge in [0.05, 0.1) is 41.0 Å². The first-order valence-corrected chi connectivity index (χ1v) is 14.7. The minimum Gasteiger partial charge on any atom is -0.344 e. The average Bonchev–Trinajstić information content (AvgIpc) is 2.95. The van der Waals surface area contributed by atoms with Crippen molar-refractivity contribution in [1.82, 2.24) is 24.6 Å². The molecule has 0 bridgehead atoms. The van der Waals surface area contributed by atoms with Crippen LogP contribution in [-0.2, 0) is 10.0 Å². The summed E-state index contributed by atoms with van der Waals surface area (Å²) in [5, 5.41) is 4.84. The Bertz CT molecular complexity index is 2030. The average molecular weight is 566 g/mol. The van der Waals surface area contributed by atoms with E-state index in [1.54, 1.807) is 42.1 Å². The number of benzene rings is 2. The van der Waals surface area contributed by atoms with Crippen LogP contribution in [0.3, 0.4) is 0 Å². The molecule has 206 valence electrons. The van der Waals surface area contributed by atoms with Gasteiger partial charge in [-0.15, -0.1) is 0 Å². The summed E-state index contributed by atoms with van der Waals surface area (Å²) in [5.74, 6) is 5.36. The molecule has 0 aliphatic carbocycles. The molecule has 10 heteroatoms. The van der Waals surface area contributed by atoms with Crippen LogP contribution in [0.2, 0.25) is 0 Å². The van der Waals surface area contributed by atoms with E-state index >= 15 is 0 Å². The number of aromatic nitrogens is 3. The second kappa shape index (κ2) is 11.3. The maximum atomic E-state index is 14.1. The first kappa shape index (κ1) is 27.7. The number of hydrogen-bond acceptors (Lipinski definition) is 6. The lowest BCUT2D eigenvalue weighted by molar-refractivity contribution is 0.0939. The van der Waals surface area contributed by atoms with Crippen molar-refractivity contribution < 1.29 is 13.2 Å². The Morgan fingerprint density at radius 3 is 2.54 bits per heavy atom. The van der Waals surface area contributed by atoms with Crippen LogP contribution < -0.4 is 15.6 Å². The Labute approximate surface area is 237 Å². The minimum absolute atomic E-state index is 0.0828. The molecule has 0 saturated heterocycles. The molecule has 1 atom stereocenters. The van der Waals surface area contributed by atoms with Crippen LogP contribution in [0.1, 0.15) is 40.3 Å². The van der Waals surface area contributed by atoms with E-state index in [1.807, 2.05) is 55.5 Å². The van der Waals surface area contributed by atoms with Crippen molar-refractivity contribution >= 4 is 37.6 Å². The quantitative estimate of drug-likeness (QED) is 0.303. The van der Waals surface area contributed by atoms with E-state index in [2.05, 4.69) is 31.8 Å². The number of para-hydroxylation sites is 1. The standard InChI is InChI=1S/C31H27N5O4S/c1-20(35-30(37)27-21(2)33-19-24-13-8-16-32-29(24)27)26-18-23-11-7-10-22(12-9-17-34-41(3,39)40)28(23)31(38)36(26)25-14-5-4-6-15-25/h4-8,10-11,13-16,18-20,34H,17H2,1-3H3,(H,35,37)/t20-/m1/s1. The lowest BCUT2D eigenvalue weighted by Crippen LogP contribution is -2.32. The predicted molar refractivity (Wildman–Crippen MR) is 159 cm³/mol. The third-order valence-electron chi connectivity index (χ3n) is 6.59. The van der Waals surface area contributed by atoms with E-state index < -0.39 is 16.1 Å². The number of pyridine rings is 3. The van der Waals surface area contributed by atoms with E-state index in [4.69, 9.17) is 0 Å². The highest BCUT2D eigenvalue weighted by atomic mass is 32.2. The molecule has 3 aromatic heterocycles. The van der Waals surface area contributed by atoms with Gasteiger partial charge in [0.25, 0.3) is 11.5 Å². The molecule has 2 N–H and O–H groups in total. The van der Waals surface area contributed by atoms with Crippen molar-refractivity contribution in [2.45, 2.75) is 19.9 Å². The molecule has 0 spiro atoms. The molecule has 41 heavy (non-hydrogen) atoms. The van der Waals surface area contributed by atoms with Crippen molar-refractivity contribution in [3.63, 3.8) is 0 Å². The largest absolute Gasteiger partial charge is 0.344 e. The number of aryl methyl sites for hydroxylation is 1. The molecule has 1 amide bonds. The number of sulfonamides is 1. The highest BCUT2D eigenvalue weighted by Gasteiger charge is 2.22. The first-order chi connectivity index (χ1) is 19.6. The summed E-state index contributed by atoms with van der Waals surface area (Å²) in [4.78, 5) is 36.5. The Hall–Kier alpha value is -4.85.